The predicted molar refractivity (Wildman–Crippen MR) is 87.4 cm³/mol. The quantitative estimate of drug-likeness (QED) is 0.800. The van der Waals surface area contributed by atoms with Crippen molar-refractivity contribution in [1.29, 1.82) is 0 Å². The smallest absolute Gasteiger partial charge is 0.161 e. The minimum Gasteiger partial charge on any atom is -0.391 e. The summed E-state index contributed by atoms with van der Waals surface area (Å²) in [4.78, 5) is 11.1. The van der Waals surface area contributed by atoms with E-state index in [4.69, 9.17) is 0 Å². The first-order chi connectivity index (χ1) is 11.3. The second-order valence-corrected chi connectivity index (χ2v) is 5.62. The summed E-state index contributed by atoms with van der Waals surface area (Å²) in [5, 5.41) is 13.9. The van der Waals surface area contributed by atoms with E-state index in [2.05, 4.69) is 20.0 Å². The molecule has 1 unspecified atom stereocenters. The molecule has 0 spiro atoms. The number of β-amino-alcohol motifs (C(OH)–C–C–N with tert-alkyl or cyclic N) is 1. The zero-order valence-electron chi connectivity index (χ0n) is 12.6. The molecule has 4 rings (SSSR count). The summed E-state index contributed by atoms with van der Waals surface area (Å²) in [7, 11) is 0. The molecule has 0 amide bonds. The highest BCUT2D eigenvalue weighted by atomic mass is 16.3. The minimum atomic E-state index is -0.262. The maximum absolute atomic E-state index is 9.67. The summed E-state index contributed by atoms with van der Waals surface area (Å²) in [6.07, 6.45) is 5.96. The van der Waals surface area contributed by atoms with Gasteiger partial charge in [0.1, 0.15) is 5.82 Å². The summed E-state index contributed by atoms with van der Waals surface area (Å²) in [5.74, 6) is 1.55. The molecule has 23 heavy (non-hydrogen) atoms. The Kier molecular flexibility index (Phi) is 3.51. The van der Waals surface area contributed by atoms with Gasteiger partial charge in [-0.1, -0.05) is 0 Å². The van der Waals surface area contributed by atoms with E-state index in [0.717, 1.165) is 30.0 Å². The Hall–Kier alpha value is -2.73. The van der Waals surface area contributed by atoms with Crippen LogP contribution in [-0.4, -0.2) is 44.0 Å². The van der Waals surface area contributed by atoms with Crippen molar-refractivity contribution in [1.82, 2.24) is 19.7 Å². The van der Waals surface area contributed by atoms with Crippen molar-refractivity contribution in [2.45, 2.75) is 12.5 Å². The van der Waals surface area contributed by atoms with E-state index >= 15 is 0 Å². The van der Waals surface area contributed by atoms with Crippen LogP contribution in [-0.2, 0) is 0 Å². The molecule has 2 aromatic heterocycles. The van der Waals surface area contributed by atoms with Crippen molar-refractivity contribution in [3.63, 3.8) is 0 Å². The summed E-state index contributed by atoms with van der Waals surface area (Å²) in [6.45, 7) is 1.46. The van der Waals surface area contributed by atoms with Crippen LogP contribution < -0.4 is 4.90 Å². The molecule has 0 radical (unpaired) electrons. The van der Waals surface area contributed by atoms with Gasteiger partial charge in [0.25, 0.3) is 0 Å². The van der Waals surface area contributed by atoms with E-state index in [0.29, 0.717) is 12.4 Å². The van der Waals surface area contributed by atoms with Gasteiger partial charge in [-0.3, -0.25) is 0 Å². The summed E-state index contributed by atoms with van der Waals surface area (Å²) in [6, 6.07) is 11.8. The topological polar surface area (TPSA) is 67.1 Å². The van der Waals surface area contributed by atoms with Gasteiger partial charge in [0, 0.05) is 37.2 Å². The monoisotopic (exact) mass is 307 g/mol. The van der Waals surface area contributed by atoms with E-state index in [9.17, 15) is 5.11 Å². The standard InChI is InChI=1S/C17H17N5O/c23-15-7-11-21(12-15)16-6-9-18-17(20-16)13-2-4-14(5-3-13)22-10-1-8-19-22/h1-6,8-10,15,23H,7,11-12H2. The van der Waals surface area contributed by atoms with Gasteiger partial charge in [0.05, 0.1) is 11.8 Å². The van der Waals surface area contributed by atoms with Crippen LogP contribution in [0.2, 0.25) is 0 Å². The highest BCUT2D eigenvalue weighted by molar-refractivity contribution is 5.59. The van der Waals surface area contributed by atoms with Crippen molar-refractivity contribution in [3.8, 4) is 17.1 Å². The Bertz CT molecular complexity index is 785. The van der Waals surface area contributed by atoms with Crippen LogP contribution in [0.25, 0.3) is 17.1 Å². The Balaban J connectivity index is 1.60. The molecule has 0 saturated carbocycles. The summed E-state index contributed by atoms with van der Waals surface area (Å²) >= 11 is 0. The van der Waals surface area contributed by atoms with Crippen LogP contribution in [0.15, 0.2) is 55.0 Å². The van der Waals surface area contributed by atoms with E-state index in [-0.39, 0.29) is 6.10 Å². The zero-order valence-corrected chi connectivity index (χ0v) is 12.6. The number of rotatable bonds is 3. The average molecular weight is 307 g/mol. The maximum atomic E-state index is 9.67. The molecule has 1 saturated heterocycles. The molecule has 6 heteroatoms. The molecule has 0 aliphatic carbocycles. The molecule has 1 atom stereocenters. The molecule has 3 aromatic rings. The molecule has 1 aliphatic heterocycles. The molecule has 0 bridgehead atoms. The SMILES string of the molecule is OC1CCN(c2ccnc(-c3ccc(-n4cccn4)cc3)n2)C1. The molecule has 116 valence electrons. The Labute approximate surface area is 134 Å². The Morgan fingerprint density at radius 1 is 1.09 bits per heavy atom. The van der Waals surface area contributed by atoms with Crippen molar-refractivity contribution in [2.75, 3.05) is 18.0 Å². The van der Waals surface area contributed by atoms with E-state index in [1.807, 2.05) is 47.3 Å². The third-order valence-corrected chi connectivity index (χ3v) is 4.02. The maximum Gasteiger partial charge on any atom is 0.161 e. The molecule has 1 aromatic carbocycles. The number of anilines is 1. The van der Waals surface area contributed by atoms with Crippen molar-refractivity contribution in [3.05, 3.63) is 55.0 Å². The summed E-state index contributed by atoms with van der Waals surface area (Å²) < 4.78 is 1.81. The molecule has 1 aliphatic rings. The second-order valence-electron chi connectivity index (χ2n) is 5.62. The van der Waals surface area contributed by atoms with Crippen molar-refractivity contribution in [2.24, 2.45) is 0 Å². The predicted octanol–water partition coefficient (Wildman–Crippen LogP) is 1.90. The number of hydrogen-bond acceptors (Lipinski definition) is 5. The number of hydrogen-bond donors (Lipinski definition) is 1. The number of aliphatic hydroxyl groups is 1. The zero-order chi connectivity index (χ0) is 15.6. The fourth-order valence-corrected chi connectivity index (χ4v) is 2.80. The number of benzene rings is 1. The highest BCUT2D eigenvalue weighted by Gasteiger charge is 2.21. The molecular weight excluding hydrogens is 290 g/mol. The van der Waals surface area contributed by atoms with Gasteiger partial charge in [-0.15, -0.1) is 0 Å². The average Bonchev–Trinajstić information content (AvgIpc) is 3.27. The molecule has 6 nitrogen and oxygen atoms in total. The van der Waals surface area contributed by atoms with Gasteiger partial charge in [-0.2, -0.15) is 5.10 Å². The lowest BCUT2D eigenvalue weighted by Gasteiger charge is -2.16. The fourth-order valence-electron chi connectivity index (χ4n) is 2.80. The third-order valence-electron chi connectivity index (χ3n) is 4.02. The molecule has 1 N–H and O–H groups in total. The Morgan fingerprint density at radius 3 is 2.65 bits per heavy atom. The number of aromatic nitrogens is 4. The van der Waals surface area contributed by atoms with E-state index < -0.39 is 0 Å². The minimum absolute atomic E-state index is 0.262. The number of aliphatic hydroxyl groups excluding tert-OH is 1. The number of nitrogens with zero attached hydrogens (tertiary/aromatic N) is 5. The van der Waals surface area contributed by atoms with Crippen LogP contribution in [0, 0.1) is 0 Å². The van der Waals surface area contributed by atoms with Gasteiger partial charge in [-0.25, -0.2) is 14.6 Å². The molecule has 1 fully saturated rings. The summed E-state index contributed by atoms with van der Waals surface area (Å²) in [5.41, 5.74) is 1.96. The molecular formula is C17H17N5O. The van der Waals surface area contributed by atoms with Gasteiger partial charge in [0.15, 0.2) is 5.82 Å². The van der Waals surface area contributed by atoms with E-state index in [1.54, 1.807) is 12.4 Å². The van der Waals surface area contributed by atoms with Gasteiger partial charge < -0.3 is 10.0 Å². The lowest BCUT2D eigenvalue weighted by atomic mass is 10.2. The lowest BCUT2D eigenvalue weighted by Crippen LogP contribution is -2.22. The first kappa shape index (κ1) is 13.9. The Morgan fingerprint density at radius 2 is 1.96 bits per heavy atom. The first-order valence-electron chi connectivity index (χ1n) is 7.66. The van der Waals surface area contributed by atoms with Gasteiger partial charge in [0.2, 0.25) is 0 Å². The van der Waals surface area contributed by atoms with Crippen LogP contribution in [0.5, 0.6) is 0 Å². The van der Waals surface area contributed by atoms with E-state index in [1.165, 1.54) is 0 Å². The normalized spacial score (nSPS) is 17.6. The van der Waals surface area contributed by atoms with Crippen LogP contribution in [0.1, 0.15) is 6.42 Å². The highest BCUT2D eigenvalue weighted by Crippen LogP contribution is 2.22. The first-order valence-corrected chi connectivity index (χ1v) is 7.66. The third kappa shape index (κ3) is 2.80. The van der Waals surface area contributed by atoms with Crippen molar-refractivity contribution >= 4 is 5.82 Å². The van der Waals surface area contributed by atoms with Crippen molar-refractivity contribution < 1.29 is 5.11 Å². The lowest BCUT2D eigenvalue weighted by molar-refractivity contribution is 0.198. The van der Waals surface area contributed by atoms with Crippen LogP contribution in [0.4, 0.5) is 5.82 Å². The van der Waals surface area contributed by atoms with Gasteiger partial charge >= 0.3 is 0 Å². The second kappa shape index (κ2) is 5.81. The van der Waals surface area contributed by atoms with Crippen LogP contribution >= 0.6 is 0 Å². The van der Waals surface area contributed by atoms with Gasteiger partial charge in [-0.05, 0) is 42.8 Å². The molecule has 3 heterocycles. The van der Waals surface area contributed by atoms with Crippen LogP contribution in [0.3, 0.4) is 0 Å². The fraction of sp³-hybridized carbons (Fsp3) is 0.235. The largest absolute Gasteiger partial charge is 0.391 e.